The molecule has 0 radical (unpaired) electrons. The van der Waals surface area contributed by atoms with Crippen molar-refractivity contribution in [3.05, 3.63) is 70.7 Å². The number of aromatic nitrogens is 2. The van der Waals surface area contributed by atoms with E-state index in [1.807, 2.05) is 13.1 Å². The number of allylic oxidation sites excluding steroid dienone is 1. The van der Waals surface area contributed by atoms with Crippen LogP contribution in [-0.2, 0) is 11.8 Å². The summed E-state index contributed by atoms with van der Waals surface area (Å²) in [5.74, 6) is -0.457. The van der Waals surface area contributed by atoms with Gasteiger partial charge in [-0.2, -0.15) is 5.10 Å². The maximum absolute atomic E-state index is 13.3. The van der Waals surface area contributed by atoms with Crippen LogP contribution < -0.4 is 5.32 Å². The second-order valence-corrected chi connectivity index (χ2v) is 7.32. The van der Waals surface area contributed by atoms with Crippen LogP contribution in [0.25, 0.3) is 10.9 Å². The fourth-order valence-corrected chi connectivity index (χ4v) is 4.01. The Labute approximate surface area is 168 Å². The number of rotatable bonds is 2. The van der Waals surface area contributed by atoms with Crippen LogP contribution in [0.1, 0.15) is 18.0 Å². The minimum absolute atomic E-state index is 0.0872. The molecule has 0 bridgehead atoms. The first kappa shape index (κ1) is 18.4. The summed E-state index contributed by atoms with van der Waals surface area (Å²) < 4.78 is 15.7. The van der Waals surface area contributed by atoms with E-state index >= 15 is 0 Å². The number of amides is 2. The van der Waals surface area contributed by atoms with Crippen molar-refractivity contribution in [3.8, 4) is 0 Å². The van der Waals surface area contributed by atoms with Crippen LogP contribution in [-0.4, -0.2) is 26.5 Å². The zero-order valence-corrected chi connectivity index (χ0v) is 16.5. The number of fused-ring (bicyclic) bond motifs is 1. The summed E-state index contributed by atoms with van der Waals surface area (Å²) in [5.41, 5.74) is 2.14. The van der Waals surface area contributed by atoms with Crippen LogP contribution in [0, 0.1) is 5.82 Å². The van der Waals surface area contributed by atoms with Gasteiger partial charge in [0.25, 0.3) is 0 Å². The third-order valence-corrected chi connectivity index (χ3v) is 5.53. The summed E-state index contributed by atoms with van der Waals surface area (Å²) in [4.78, 5) is 26.3. The van der Waals surface area contributed by atoms with E-state index in [1.54, 1.807) is 29.1 Å². The molecule has 4 rings (SSSR count). The molecule has 2 amide bonds. The van der Waals surface area contributed by atoms with E-state index in [-0.39, 0.29) is 24.1 Å². The van der Waals surface area contributed by atoms with E-state index in [2.05, 4.69) is 26.3 Å². The van der Waals surface area contributed by atoms with Gasteiger partial charge in [0.1, 0.15) is 5.82 Å². The van der Waals surface area contributed by atoms with Gasteiger partial charge < -0.3 is 5.32 Å². The van der Waals surface area contributed by atoms with Crippen molar-refractivity contribution in [1.29, 1.82) is 0 Å². The third-order valence-electron chi connectivity index (χ3n) is 4.72. The first-order valence-corrected chi connectivity index (χ1v) is 9.39. The highest BCUT2D eigenvalue weighted by Crippen LogP contribution is 2.33. The predicted molar refractivity (Wildman–Crippen MR) is 107 cm³/mol. The van der Waals surface area contributed by atoms with Crippen LogP contribution in [0.3, 0.4) is 0 Å². The molecule has 0 saturated heterocycles. The van der Waals surface area contributed by atoms with Gasteiger partial charge in [0.2, 0.25) is 0 Å². The number of nitrogens with zero attached hydrogens (tertiary/aromatic N) is 3. The Hall–Kier alpha value is -3.00. The second-order valence-electron chi connectivity index (χ2n) is 6.52. The van der Waals surface area contributed by atoms with E-state index < -0.39 is 6.04 Å². The summed E-state index contributed by atoms with van der Waals surface area (Å²) in [7, 11) is 1.82. The summed E-state index contributed by atoms with van der Waals surface area (Å²) in [6.45, 7) is 0. The molecule has 1 aromatic heterocycles. The smallest absolute Gasteiger partial charge is 0.306 e. The number of halogens is 2. The summed E-state index contributed by atoms with van der Waals surface area (Å²) in [6, 6.07) is 8.59. The monoisotopic (exact) mass is 442 g/mol. The van der Waals surface area contributed by atoms with Crippen molar-refractivity contribution in [2.75, 3.05) is 5.32 Å². The van der Waals surface area contributed by atoms with Crippen molar-refractivity contribution < 1.29 is 14.0 Å². The molecular weight excluding hydrogens is 427 g/mol. The topological polar surface area (TPSA) is 67.2 Å². The maximum atomic E-state index is 13.3. The molecule has 0 aliphatic carbocycles. The van der Waals surface area contributed by atoms with E-state index in [0.717, 1.165) is 10.9 Å². The molecule has 142 valence electrons. The highest BCUT2D eigenvalue weighted by atomic mass is 79.9. The Kier molecular flexibility index (Phi) is 4.72. The molecule has 1 atom stereocenters. The number of nitrogens with one attached hydrogen (secondary N) is 1. The van der Waals surface area contributed by atoms with Crippen LogP contribution in [0.5, 0.6) is 0 Å². The normalized spacial score (nSPS) is 16.6. The molecule has 1 aliphatic heterocycles. The molecule has 1 N–H and O–H groups in total. The number of urea groups is 1. The number of anilines is 1. The minimum atomic E-state index is -0.502. The first-order chi connectivity index (χ1) is 13.4. The average molecular weight is 443 g/mol. The van der Waals surface area contributed by atoms with Gasteiger partial charge in [0.15, 0.2) is 5.78 Å². The van der Waals surface area contributed by atoms with E-state index in [0.29, 0.717) is 15.7 Å². The summed E-state index contributed by atoms with van der Waals surface area (Å²) in [6.07, 6.45) is 4.72. The number of ketones is 1. The van der Waals surface area contributed by atoms with Gasteiger partial charge in [-0.15, -0.1) is 0 Å². The number of aryl methyl sites for hydroxylation is 1. The van der Waals surface area contributed by atoms with Gasteiger partial charge in [0.05, 0.1) is 27.9 Å². The standard InChI is InChI=1S/C20H16BrFN4O2/c1-25-19-13(11-23-25)4-7-16(18(19)21)24-20(28)26-9-8-15(27)10-17(26)12-2-5-14(22)6-3-12/h2-9,11,17H,10H2,1H3,(H,24,28). The van der Waals surface area contributed by atoms with Crippen LogP contribution in [0.15, 0.2) is 59.3 Å². The van der Waals surface area contributed by atoms with Crippen molar-refractivity contribution in [2.45, 2.75) is 12.5 Å². The van der Waals surface area contributed by atoms with Gasteiger partial charge in [0, 0.05) is 25.1 Å². The quantitative estimate of drug-likeness (QED) is 0.633. The lowest BCUT2D eigenvalue weighted by atomic mass is 9.97. The van der Waals surface area contributed by atoms with Gasteiger partial charge in [-0.05, 0) is 51.8 Å². The molecular formula is C20H16BrFN4O2. The van der Waals surface area contributed by atoms with Crippen molar-refractivity contribution in [3.63, 3.8) is 0 Å². The molecule has 3 aromatic rings. The summed E-state index contributed by atoms with van der Waals surface area (Å²) >= 11 is 3.53. The zero-order valence-electron chi connectivity index (χ0n) is 14.9. The van der Waals surface area contributed by atoms with Crippen molar-refractivity contribution >= 4 is 44.3 Å². The lowest BCUT2D eigenvalue weighted by molar-refractivity contribution is -0.116. The molecule has 0 spiro atoms. The highest BCUT2D eigenvalue weighted by molar-refractivity contribution is 9.10. The fourth-order valence-electron chi connectivity index (χ4n) is 3.29. The van der Waals surface area contributed by atoms with Gasteiger partial charge in [-0.3, -0.25) is 14.4 Å². The average Bonchev–Trinajstić information content (AvgIpc) is 3.06. The molecule has 28 heavy (non-hydrogen) atoms. The number of benzene rings is 2. The Morgan fingerprint density at radius 1 is 1.25 bits per heavy atom. The lowest BCUT2D eigenvalue weighted by Crippen LogP contribution is -2.37. The minimum Gasteiger partial charge on any atom is -0.306 e. The first-order valence-electron chi connectivity index (χ1n) is 8.60. The number of carbonyl (C=O) groups is 2. The molecule has 0 saturated carbocycles. The fraction of sp³-hybridized carbons (Fsp3) is 0.150. The predicted octanol–water partition coefficient (Wildman–Crippen LogP) is 4.54. The van der Waals surface area contributed by atoms with Crippen LogP contribution in [0.4, 0.5) is 14.9 Å². The van der Waals surface area contributed by atoms with Crippen molar-refractivity contribution in [2.24, 2.45) is 7.05 Å². The van der Waals surface area contributed by atoms with Gasteiger partial charge in [-0.25, -0.2) is 9.18 Å². The van der Waals surface area contributed by atoms with Crippen molar-refractivity contribution in [1.82, 2.24) is 14.7 Å². The second kappa shape index (κ2) is 7.20. The third kappa shape index (κ3) is 3.31. The highest BCUT2D eigenvalue weighted by Gasteiger charge is 2.29. The largest absolute Gasteiger partial charge is 0.326 e. The molecule has 8 heteroatoms. The molecule has 2 aromatic carbocycles. The van der Waals surface area contributed by atoms with Gasteiger partial charge >= 0.3 is 6.03 Å². The van der Waals surface area contributed by atoms with Crippen LogP contribution >= 0.6 is 15.9 Å². The number of hydrogen-bond acceptors (Lipinski definition) is 3. The molecule has 2 heterocycles. The Morgan fingerprint density at radius 3 is 2.75 bits per heavy atom. The molecule has 1 aliphatic rings. The Morgan fingerprint density at radius 2 is 2.00 bits per heavy atom. The lowest BCUT2D eigenvalue weighted by Gasteiger charge is -2.31. The SMILES string of the molecule is Cn1ncc2ccc(NC(=O)N3C=CC(=O)CC3c3ccc(F)cc3)c(Br)c21. The van der Waals surface area contributed by atoms with Gasteiger partial charge in [-0.1, -0.05) is 12.1 Å². The molecule has 0 fully saturated rings. The summed E-state index contributed by atoms with van der Waals surface area (Å²) in [5, 5.41) is 8.04. The molecule has 6 nitrogen and oxygen atoms in total. The van der Waals surface area contributed by atoms with E-state index in [4.69, 9.17) is 0 Å². The number of carbonyl (C=O) groups excluding carboxylic acids is 2. The van der Waals surface area contributed by atoms with E-state index in [1.165, 1.54) is 29.3 Å². The van der Waals surface area contributed by atoms with Crippen LogP contribution in [0.2, 0.25) is 0 Å². The number of hydrogen-bond donors (Lipinski definition) is 1. The molecule has 1 unspecified atom stereocenters. The Balaban J connectivity index is 1.65. The maximum Gasteiger partial charge on any atom is 0.326 e. The van der Waals surface area contributed by atoms with E-state index in [9.17, 15) is 14.0 Å². The Bertz CT molecular complexity index is 1110. The zero-order chi connectivity index (χ0) is 19.8.